The fourth-order valence-electron chi connectivity index (χ4n) is 3.74. The van der Waals surface area contributed by atoms with Gasteiger partial charge in [0, 0.05) is 35.8 Å². The summed E-state index contributed by atoms with van der Waals surface area (Å²) in [6, 6.07) is 13.2. The standard InChI is InChI=1S/C23H14FN7O/c24-14-7-12(8-15(32)10-14)16-4-6-26-22-19(16)28-23(29-22)20-17-9-13(11-27-21(17)31-30-20)18-3-1-2-5-25-18/h1-11,32H,(H,26,28,29)(H,27,30,31). The van der Waals surface area contributed by atoms with Crippen LogP contribution in [0.4, 0.5) is 4.39 Å². The minimum absolute atomic E-state index is 0.160. The number of hydrogen-bond acceptors (Lipinski definition) is 6. The Hall–Kier alpha value is -4.66. The summed E-state index contributed by atoms with van der Waals surface area (Å²) in [5.74, 6) is -0.203. The molecule has 154 valence electrons. The van der Waals surface area contributed by atoms with Crippen LogP contribution in [0.3, 0.4) is 0 Å². The highest BCUT2D eigenvalue weighted by atomic mass is 19.1. The average molecular weight is 423 g/mol. The first kappa shape index (κ1) is 18.1. The number of aromatic hydroxyl groups is 1. The molecule has 32 heavy (non-hydrogen) atoms. The van der Waals surface area contributed by atoms with Crippen LogP contribution in [0.25, 0.3) is 56.1 Å². The van der Waals surface area contributed by atoms with E-state index in [-0.39, 0.29) is 5.75 Å². The third kappa shape index (κ3) is 2.95. The van der Waals surface area contributed by atoms with Gasteiger partial charge in [0.05, 0.1) is 11.1 Å². The number of imidazole rings is 1. The molecule has 0 radical (unpaired) electrons. The van der Waals surface area contributed by atoms with Gasteiger partial charge in [0.1, 0.15) is 22.8 Å². The lowest BCUT2D eigenvalue weighted by atomic mass is 10.1. The van der Waals surface area contributed by atoms with Crippen LogP contribution in [0.5, 0.6) is 5.75 Å². The molecule has 0 unspecified atom stereocenters. The summed E-state index contributed by atoms with van der Waals surface area (Å²) >= 11 is 0. The molecule has 0 saturated carbocycles. The zero-order valence-corrected chi connectivity index (χ0v) is 16.4. The third-order valence-electron chi connectivity index (χ3n) is 5.18. The number of H-pyrrole nitrogens is 2. The molecule has 0 bridgehead atoms. The van der Waals surface area contributed by atoms with Gasteiger partial charge >= 0.3 is 0 Å². The van der Waals surface area contributed by atoms with E-state index in [9.17, 15) is 9.50 Å². The number of hydrogen-bond donors (Lipinski definition) is 3. The monoisotopic (exact) mass is 423 g/mol. The molecular formula is C23H14FN7O. The number of fused-ring (bicyclic) bond motifs is 2. The topological polar surface area (TPSA) is 116 Å². The third-order valence-corrected chi connectivity index (χ3v) is 5.18. The number of benzene rings is 1. The first-order valence-electron chi connectivity index (χ1n) is 9.76. The summed E-state index contributed by atoms with van der Waals surface area (Å²) in [6.07, 6.45) is 5.07. The Balaban J connectivity index is 1.52. The van der Waals surface area contributed by atoms with Crippen molar-refractivity contribution in [1.82, 2.24) is 35.1 Å². The second kappa shape index (κ2) is 6.95. The Labute approximate surface area is 179 Å². The van der Waals surface area contributed by atoms with E-state index in [1.54, 1.807) is 24.7 Å². The molecule has 0 saturated heterocycles. The van der Waals surface area contributed by atoms with Crippen molar-refractivity contribution in [2.75, 3.05) is 0 Å². The van der Waals surface area contributed by atoms with Crippen LogP contribution in [0, 0.1) is 5.82 Å². The van der Waals surface area contributed by atoms with Crippen LogP contribution in [-0.4, -0.2) is 40.2 Å². The highest BCUT2D eigenvalue weighted by molar-refractivity contribution is 5.96. The van der Waals surface area contributed by atoms with Gasteiger partial charge in [-0.2, -0.15) is 5.10 Å². The Bertz CT molecular complexity index is 1590. The van der Waals surface area contributed by atoms with Crippen molar-refractivity contribution in [2.24, 2.45) is 0 Å². The maximum Gasteiger partial charge on any atom is 0.161 e. The van der Waals surface area contributed by atoms with Gasteiger partial charge in [0.2, 0.25) is 0 Å². The van der Waals surface area contributed by atoms with Gasteiger partial charge < -0.3 is 10.1 Å². The summed E-state index contributed by atoms with van der Waals surface area (Å²) < 4.78 is 13.9. The number of aromatic amines is 2. The SMILES string of the molecule is Oc1cc(F)cc(-c2ccnc3[nH]c(-c4n[nH]c5ncc(-c6ccccn6)cc45)nc23)c1. The second-order valence-corrected chi connectivity index (χ2v) is 7.25. The number of aromatic nitrogens is 7. The minimum Gasteiger partial charge on any atom is -0.508 e. The van der Waals surface area contributed by atoms with Crippen molar-refractivity contribution in [1.29, 1.82) is 0 Å². The number of phenols is 1. The van der Waals surface area contributed by atoms with Crippen LogP contribution >= 0.6 is 0 Å². The lowest BCUT2D eigenvalue weighted by Crippen LogP contribution is -1.86. The molecule has 5 aromatic heterocycles. The Kier molecular flexibility index (Phi) is 3.94. The Morgan fingerprint density at radius 1 is 0.875 bits per heavy atom. The molecule has 0 amide bonds. The first-order chi connectivity index (χ1) is 15.7. The molecule has 0 aliphatic rings. The number of rotatable bonds is 3. The van der Waals surface area contributed by atoms with E-state index < -0.39 is 5.82 Å². The van der Waals surface area contributed by atoms with Crippen molar-refractivity contribution in [3.05, 3.63) is 72.9 Å². The first-order valence-corrected chi connectivity index (χ1v) is 9.76. The lowest BCUT2D eigenvalue weighted by molar-refractivity contribution is 0.469. The van der Waals surface area contributed by atoms with Gasteiger partial charge in [-0.05, 0) is 42.0 Å². The molecule has 9 heteroatoms. The quantitative estimate of drug-likeness (QED) is 0.387. The van der Waals surface area contributed by atoms with Crippen LogP contribution in [0.1, 0.15) is 0 Å². The van der Waals surface area contributed by atoms with Gasteiger partial charge in [0.25, 0.3) is 0 Å². The van der Waals surface area contributed by atoms with E-state index in [0.29, 0.717) is 39.5 Å². The predicted molar refractivity (Wildman–Crippen MR) is 117 cm³/mol. The summed E-state index contributed by atoms with van der Waals surface area (Å²) in [5.41, 5.74) is 5.04. The second-order valence-electron chi connectivity index (χ2n) is 7.25. The summed E-state index contributed by atoms with van der Waals surface area (Å²) in [5, 5.41) is 17.9. The van der Waals surface area contributed by atoms with Crippen LogP contribution < -0.4 is 0 Å². The fraction of sp³-hybridized carbons (Fsp3) is 0. The normalized spacial score (nSPS) is 11.4. The Morgan fingerprint density at radius 2 is 1.81 bits per heavy atom. The van der Waals surface area contributed by atoms with Crippen LogP contribution in [0.2, 0.25) is 0 Å². The van der Waals surface area contributed by atoms with Gasteiger partial charge in [-0.15, -0.1) is 0 Å². The van der Waals surface area contributed by atoms with Crippen molar-refractivity contribution in [3.63, 3.8) is 0 Å². The van der Waals surface area contributed by atoms with E-state index in [2.05, 4.69) is 30.1 Å². The Morgan fingerprint density at radius 3 is 2.66 bits per heavy atom. The molecule has 1 aromatic carbocycles. The summed E-state index contributed by atoms with van der Waals surface area (Å²) in [6.45, 7) is 0. The molecule has 6 rings (SSSR count). The summed E-state index contributed by atoms with van der Waals surface area (Å²) in [4.78, 5) is 21.1. The highest BCUT2D eigenvalue weighted by Gasteiger charge is 2.17. The van der Waals surface area contributed by atoms with E-state index in [0.717, 1.165) is 22.7 Å². The zero-order valence-electron chi connectivity index (χ0n) is 16.4. The molecule has 5 heterocycles. The largest absolute Gasteiger partial charge is 0.508 e. The molecule has 0 spiro atoms. The van der Waals surface area contributed by atoms with Gasteiger partial charge in [-0.25, -0.2) is 19.3 Å². The molecule has 0 aliphatic heterocycles. The van der Waals surface area contributed by atoms with Crippen LogP contribution in [0.15, 0.2) is 67.1 Å². The molecule has 0 fully saturated rings. The van der Waals surface area contributed by atoms with Gasteiger partial charge in [-0.3, -0.25) is 10.1 Å². The van der Waals surface area contributed by atoms with E-state index in [4.69, 9.17) is 4.98 Å². The number of nitrogens with one attached hydrogen (secondary N) is 2. The number of pyridine rings is 3. The van der Waals surface area contributed by atoms with E-state index in [1.165, 1.54) is 12.1 Å². The van der Waals surface area contributed by atoms with Gasteiger partial charge in [-0.1, -0.05) is 6.07 Å². The molecule has 0 aliphatic carbocycles. The maximum absolute atomic E-state index is 13.9. The van der Waals surface area contributed by atoms with E-state index in [1.807, 2.05) is 24.3 Å². The minimum atomic E-state index is -0.535. The highest BCUT2D eigenvalue weighted by Crippen LogP contribution is 2.32. The zero-order chi connectivity index (χ0) is 21.7. The van der Waals surface area contributed by atoms with Crippen LogP contribution in [-0.2, 0) is 0 Å². The van der Waals surface area contributed by atoms with Crippen molar-refractivity contribution in [2.45, 2.75) is 0 Å². The smallest absolute Gasteiger partial charge is 0.161 e. The number of nitrogens with zero attached hydrogens (tertiary/aromatic N) is 5. The van der Waals surface area contributed by atoms with Crippen molar-refractivity contribution >= 4 is 22.2 Å². The van der Waals surface area contributed by atoms with E-state index >= 15 is 0 Å². The predicted octanol–water partition coefficient (Wildman–Crippen LogP) is 4.47. The number of halogens is 1. The molecular weight excluding hydrogens is 409 g/mol. The van der Waals surface area contributed by atoms with Crippen molar-refractivity contribution in [3.8, 4) is 39.7 Å². The lowest BCUT2D eigenvalue weighted by Gasteiger charge is -2.03. The molecule has 0 atom stereocenters. The molecule has 3 N–H and O–H groups in total. The number of phenolic OH excluding ortho intramolecular Hbond substituents is 1. The fourth-order valence-corrected chi connectivity index (χ4v) is 3.74. The maximum atomic E-state index is 13.9. The molecule has 8 nitrogen and oxygen atoms in total. The summed E-state index contributed by atoms with van der Waals surface area (Å²) in [7, 11) is 0. The molecule has 6 aromatic rings. The average Bonchev–Trinajstić information content (AvgIpc) is 3.42. The van der Waals surface area contributed by atoms with Crippen molar-refractivity contribution < 1.29 is 9.50 Å². The van der Waals surface area contributed by atoms with Gasteiger partial charge in [0.15, 0.2) is 17.1 Å².